The SMILES string of the molecule is CC(C)(C)NC(=O)C(Cc1ccc(OCc2ccccc2)cc1)NC(=O)C(Cc1cccnc1)NCC1CCCCC1. The average molecular weight is 571 g/mol. The van der Waals surface area contributed by atoms with Crippen molar-refractivity contribution in [2.24, 2.45) is 5.92 Å². The lowest BCUT2D eigenvalue weighted by Gasteiger charge is -2.28. The minimum atomic E-state index is -0.722. The van der Waals surface area contributed by atoms with Crippen LogP contribution in [0.1, 0.15) is 69.6 Å². The molecule has 1 aromatic heterocycles. The molecule has 2 amide bonds. The highest BCUT2D eigenvalue weighted by molar-refractivity contribution is 5.90. The molecule has 224 valence electrons. The smallest absolute Gasteiger partial charge is 0.243 e. The van der Waals surface area contributed by atoms with Crippen molar-refractivity contribution in [2.45, 2.75) is 89.9 Å². The molecule has 0 saturated heterocycles. The number of pyridine rings is 1. The highest BCUT2D eigenvalue weighted by Crippen LogP contribution is 2.23. The fourth-order valence-electron chi connectivity index (χ4n) is 5.35. The summed E-state index contributed by atoms with van der Waals surface area (Å²) >= 11 is 0. The highest BCUT2D eigenvalue weighted by atomic mass is 16.5. The van der Waals surface area contributed by atoms with E-state index in [2.05, 4.69) is 20.9 Å². The van der Waals surface area contributed by atoms with Crippen molar-refractivity contribution in [3.8, 4) is 5.75 Å². The zero-order chi connectivity index (χ0) is 29.8. The van der Waals surface area contributed by atoms with Crippen molar-refractivity contribution >= 4 is 11.8 Å². The summed E-state index contributed by atoms with van der Waals surface area (Å²) in [4.78, 5) is 31.4. The number of carbonyl (C=O) groups excluding carboxylic acids is 2. The summed E-state index contributed by atoms with van der Waals surface area (Å²) in [6, 6.07) is 20.5. The van der Waals surface area contributed by atoms with E-state index in [4.69, 9.17) is 4.74 Å². The Morgan fingerprint density at radius 2 is 1.52 bits per heavy atom. The summed E-state index contributed by atoms with van der Waals surface area (Å²) in [5.41, 5.74) is 2.59. The van der Waals surface area contributed by atoms with Crippen LogP contribution in [0.2, 0.25) is 0 Å². The molecule has 7 nitrogen and oxygen atoms in total. The predicted octanol–water partition coefficient (Wildman–Crippen LogP) is 5.38. The molecule has 4 rings (SSSR count). The Hall–Kier alpha value is -3.71. The van der Waals surface area contributed by atoms with Crippen LogP contribution in [0.5, 0.6) is 5.75 Å². The van der Waals surface area contributed by atoms with Gasteiger partial charge in [-0.3, -0.25) is 14.6 Å². The van der Waals surface area contributed by atoms with E-state index in [-0.39, 0.29) is 11.8 Å². The first kappa shape index (κ1) is 31.2. The molecule has 0 aliphatic heterocycles. The van der Waals surface area contributed by atoms with E-state index in [1.165, 1.54) is 32.1 Å². The molecule has 0 spiro atoms. The number of hydrogen-bond acceptors (Lipinski definition) is 5. The molecular weight excluding hydrogens is 524 g/mol. The van der Waals surface area contributed by atoms with Crippen LogP contribution in [0.25, 0.3) is 0 Å². The van der Waals surface area contributed by atoms with Gasteiger partial charge in [0.15, 0.2) is 0 Å². The zero-order valence-corrected chi connectivity index (χ0v) is 25.3. The number of amides is 2. The van der Waals surface area contributed by atoms with Crippen molar-refractivity contribution in [3.05, 3.63) is 95.8 Å². The summed E-state index contributed by atoms with van der Waals surface area (Å²) in [6.07, 6.45) is 10.6. The van der Waals surface area contributed by atoms with Crippen LogP contribution in [0.3, 0.4) is 0 Å². The maximum Gasteiger partial charge on any atom is 0.243 e. The molecule has 3 aromatic rings. The largest absolute Gasteiger partial charge is 0.489 e. The molecule has 1 saturated carbocycles. The van der Waals surface area contributed by atoms with E-state index in [1.807, 2.05) is 87.5 Å². The summed E-state index contributed by atoms with van der Waals surface area (Å²) in [6.45, 7) is 7.11. The van der Waals surface area contributed by atoms with Crippen LogP contribution >= 0.6 is 0 Å². The summed E-state index contributed by atoms with van der Waals surface area (Å²) in [5, 5.41) is 9.69. The Bertz CT molecular complexity index is 1240. The molecule has 7 heteroatoms. The van der Waals surface area contributed by atoms with E-state index >= 15 is 0 Å². The first-order valence-electron chi connectivity index (χ1n) is 15.3. The number of carbonyl (C=O) groups is 2. The van der Waals surface area contributed by atoms with Crippen molar-refractivity contribution in [1.29, 1.82) is 0 Å². The Labute approximate surface area is 250 Å². The second kappa shape index (κ2) is 15.5. The fraction of sp³-hybridized carbons (Fsp3) is 0.457. The zero-order valence-electron chi connectivity index (χ0n) is 25.3. The second-order valence-corrected chi connectivity index (χ2v) is 12.5. The van der Waals surface area contributed by atoms with Gasteiger partial charge >= 0.3 is 0 Å². The topological polar surface area (TPSA) is 92.4 Å². The lowest BCUT2D eigenvalue weighted by Crippen LogP contribution is -2.57. The van der Waals surface area contributed by atoms with Gasteiger partial charge in [0, 0.05) is 24.4 Å². The molecule has 2 aromatic carbocycles. The van der Waals surface area contributed by atoms with Gasteiger partial charge in [0.05, 0.1) is 6.04 Å². The third-order valence-corrected chi connectivity index (χ3v) is 7.60. The molecule has 1 heterocycles. The van der Waals surface area contributed by atoms with Crippen LogP contribution in [-0.4, -0.2) is 41.0 Å². The molecule has 1 aliphatic rings. The Balaban J connectivity index is 1.44. The Kier molecular flexibility index (Phi) is 11.5. The fourth-order valence-corrected chi connectivity index (χ4v) is 5.35. The number of benzene rings is 2. The molecule has 0 bridgehead atoms. The summed E-state index contributed by atoms with van der Waals surface area (Å²) in [7, 11) is 0. The molecule has 0 radical (unpaired) electrons. The van der Waals surface area contributed by atoms with Crippen LogP contribution in [0.15, 0.2) is 79.1 Å². The minimum Gasteiger partial charge on any atom is -0.489 e. The lowest BCUT2D eigenvalue weighted by atomic mass is 9.89. The van der Waals surface area contributed by atoms with Crippen LogP contribution < -0.4 is 20.7 Å². The average Bonchev–Trinajstić information content (AvgIpc) is 2.99. The van der Waals surface area contributed by atoms with Crippen LogP contribution in [-0.2, 0) is 29.0 Å². The quantitative estimate of drug-likeness (QED) is 0.257. The number of ether oxygens (including phenoxy) is 1. The molecule has 3 N–H and O–H groups in total. The van der Waals surface area contributed by atoms with E-state index < -0.39 is 17.6 Å². The monoisotopic (exact) mass is 570 g/mol. The van der Waals surface area contributed by atoms with Crippen LogP contribution in [0.4, 0.5) is 0 Å². The van der Waals surface area contributed by atoms with Crippen molar-refractivity contribution in [1.82, 2.24) is 20.9 Å². The first-order valence-corrected chi connectivity index (χ1v) is 15.3. The van der Waals surface area contributed by atoms with E-state index in [9.17, 15) is 9.59 Å². The van der Waals surface area contributed by atoms with Gasteiger partial charge in [-0.2, -0.15) is 0 Å². The Morgan fingerprint density at radius 1 is 0.833 bits per heavy atom. The number of nitrogens with zero attached hydrogens (tertiary/aromatic N) is 1. The molecule has 1 aliphatic carbocycles. The van der Waals surface area contributed by atoms with Gasteiger partial charge < -0.3 is 20.7 Å². The van der Waals surface area contributed by atoms with E-state index in [0.717, 1.165) is 29.0 Å². The standard InChI is InChI=1S/C35H46N4O3/c1-35(2,3)39-34(41)32(21-26-16-18-30(19-17-26)42-25-28-13-8-5-9-14-28)38-33(40)31(22-29-15-10-20-36-23-29)37-24-27-11-6-4-7-12-27/h5,8-10,13-20,23,27,31-32,37H,4,6-7,11-12,21-22,24-25H2,1-3H3,(H,38,40)(H,39,41). The number of nitrogens with one attached hydrogen (secondary N) is 3. The van der Waals surface area contributed by atoms with Gasteiger partial charge in [-0.15, -0.1) is 0 Å². The molecular formula is C35H46N4O3. The van der Waals surface area contributed by atoms with Gasteiger partial charge in [-0.05, 0) is 87.4 Å². The van der Waals surface area contributed by atoms with Gasteiger partial charge in [0.1, 0.15) is 18.4 Å². The van der Waals surface area contributed by atoms with Gasteiger partial charge in [-0.1, -0.05) is 67.8 Å². The second-order valence-electron chi connectivity index (χ2n) is 12.5. The van der Waals surface area contributed by atoms with E-state index in [1.54, 1.807) is 12.4 Å². The predicted molar refractivity (Wildman–Crippen MR) is 167 cm³/mol. The van der Waals surface area contributed by atoms with Crippen molar-refractivity contribution in [2.75, 3.05) is 6.54 Å². The number of hydrogen-bond donors (Lipinski definition) is 3. The highest BCUT2D eigenvalue weighted by Gasteiger charge is 2.29. The number of aromatic nitrogens is 1. The Morgan fingerprint density at radius 3 is 2.19 bits per heavy atom. The third-order valence-electron chi connectivity index (χ3n) is 7.60. The minimum absolute atomic E-state index is 0.175. The molecule has 2 atom stereocenters. The third kappa shape index (κ3) is 10.6. The lowest BCUT2D eigenvalue weighted by molar-refractivity contribution is -0.130. The molecule has 42 heavy (non-hydrogen) atoms. The normalized spacial score (nSPS) is 15.4. The molecule has 2 unspecified atom stereocenters. The van der Waals surface area contributed by atoms with Gasteiger partial charge in [-0.25, -0.2) is 0 Å². The molecule has 1 fully saturated rings. The van der Waals surface area contributed by atoms with E-state index in [0.29, 0.717) is 25.4 Å². The van der Waals surface area contributed by atoms with Gasteiger partial charge in [0.2, 0.25) is 11.8 Å². The van der Waals surface area contributed by atoms with Crippen molar-refractivity contribution in [3.63, 3.8) is 0 Å². The number of rotatable bonds is 13. The van der Waals surface area contributed by atoms with Crippen LogP contribution in [0, 0.1) is 5.92 Å². The first-order chi connectivity index (χ1) is 20.2. The maximum absolute atomic E-state index is 13.8. The van der Waals surface area contributed by atoms with Gasteiger partial charge in [0.25, 0.3) is 0 Å². The summed E-state index contributed by atoms with van der Waals surface area (Å²) < 4.78 is 5.93. The maximum atomic E-state index is 13.8. The summed E-state index contributed by atoms with van der Waals surface area (Å²) in [5.74, 6) is 0.954. The van der Waals surface area contributed by atoms with Crippen molar-refractivity contribution < 1.29 is 14.3 Å².